The number of carbonyl (C=O) groups is 1. The lowest BCUT2D eigenvalue weighted by atomic mass is 10.0. The van der Waals surface area contributed by atoms with Crippen molar-refractivity contribution in [2.24, 2.45) is 0 Å². The highest BCUT2D eigenvalue weighted by atomic mass is 16.3. The third-order valence-corrected chi connectivity index (χ3v) is 5.20. The van der Waals surface area contributed by atoms with Crippen molar-refractivity contribution < 1.29 is 9.90 Å². The fourth-order valence-electron chi connectivity index (χ4n) is 3.47. The van der Waals surface area contributed by atoms with E-state index in [9.17, 15) is 19.5 Å². The highest BCUT2D eigenvalue weighted by molar-refractivity contribution is 5.97. The van der Waals surface area contributed by atoms with Crippen molar-refractivity contribution in [1.82, 2.24) is 25.1 Å². The summed E-state index contributed by atoms with van der Waals surface area (Å²) in [7, 11) is 0. The number of nitrogens with two attached hydrogens (primary N) is 1. The van der Waals surface area contributed by atoms with Crippen LogP contribution in [0.3, 0.4) is 0 Å². The minimum absolute atomic E-state index is 0.0180. The van der Waals surface area contributed by atoms with Crippen LogP contribution in [0.15, 0.2) is 70.5 Å². The second kappa shape index (κ2) is 8.87. The van der Waals surface area contributed by atoms with Gasteiger partial charge in [0.1, 0.15) is 17.1 Å². The fraction of sp³-hybridized carbons (Fsp3) is 0.130. The number of hydrogen-bond donors (Lipinski definition) is 5. The Hall–Kier alpha value is -4.60. The molecule has 10 nitrogen and oxygen atoms in total. The van der Waals surface area contributed by atoms with Crippen LogP contribution in [0.5, 0.6) is 5.75 Å². The van der Waals surface area contributed by atoms with Crippen LogP contribution in [0, 0.1) is 0 Å². The second-order valence-electron chi connectivity index (χ2n) is 7.58. The summed E-state index contributed by atoms with van der Waals surface area (Å²) < 4.78 is 1.81. The van der Waals surface area contributed by atoms with Gasteiger partial charge in [0.2, 0.25) is 0 Å². The number of phenols is 1. The van der Waals surface area contributed by atoms with Gasteiger partial charge in [-0.05, 0) is 30.2 Å². The average Bonchev–Trinajstić information content (AvgIpc) is 3.25. The predicted octanol–water partition coefficient (Wildman–Crippen LogP) is 1.75. The molecule has 0 aliphatic carbocycles. The summed E-state index contributed by atoms with van der Waals surface area (Å²) in [6, 6.07) is 14.3. The van der Waals surface area contributed by atoms with Gasteiger partial charge in [0.05, 0.1) is 18.8 Å². The SMILES string of the molecule is C[C@@H](NC(=O)c1[nH]c(=O)[nH]c(=O)c1N)c1cc(-c2cnn(Cc3ccccc3)c2)ccc1O. The third kappa shape index (κ3) is 4.69. The first kappa shape index (κ1) is 21.6. The Kier molecular flexibility index (Phi) is 5.81. The Labute approximate surface area is 187 Å². The number of aromatic hydroxyl groups is 1. The lowest BCUT2D eigenvalue weighted by Crippen LogP contribution is -2.34. The molecule has 33 heavy (non-hydrogen) atoms. The predicted molar refractivity (Wildman–Crippen MR) is 123 cm³/mol. The summed E-state index contributed by atoms with van der Waals surface area (Å²) in [6.45, 7) is 2.28. The maximum Gasteiger partial charge on any atom is 0.326 e. The van der Waals surface area contributed by atoms with Crippen LogP contribution in [0.1, 0.15) is 34.6 Å². The number of nitrogen functional groups attached to an aromatic ring is 1. The Morgan fingerprint density at radius 1 is 1.15 bits per heavy atom. The molecular formula is C23H22N6O4. The Balaban J connectivity index is 1.56. The van der Waals surface area contributed by atoms with E-state index in [4.69, 9.17) is 5.73 Å². The molecule has 0 aliphatic heterocycles. The van der Waals surface area contributed by atoms with Crippen LogP contribution in [-0.2, 0) is 6.54 Å². The molecule has 0 radical (unpaired) electrons. The van der Waals surface area contributed by atoms with E-state index in [0.717, 1.165) is 16.7 Å². The van der Waals surface area contributed by atoms with E-state index >= 15 is 0 Å². The number of aromatic nitrogens is 4. The first-order valence-electron chi connectivity index (χ1n) is 10.1. The quantitative estimate of drug-likeness (QED) is 0.303. The molecular weight excluding hydrogens is 424 g/mol. The minimum atomic E-state index is -0.853. The number of rotatable bonds is 6. The van der Waals surface area contributed by atoms with Gasteiger partial charge >= 0.3 is 5.69 Å². The maximum absolute atomic E-state index is 12.6. The van der Waals surface area contributed by atoms with Crippen LogP contribution in [-0.4, -0.2) is 30.8 Å². The molecule has 2 aromatic heterocycles. The highest BCUT2D eigenvalue weighted by Crippen LogP contribution is 2.30. The van der Waals surface area contributed by atoms with Crippen LogP contribution in [0.2, 0.25) is 0 Å². The van der Waals surface area contributed by atoms with Crippen LogP contribution >= 0.6 is 0 Å². The fourth-order valence-corrected chi connectivity index (χ4v) is 3.47. The van der Waals surface area contributed by atoms with Crippen LogP contribution < -0.4 is 22.3 Å². The number of aromatic amines is 2. The molecule has 4 aromatic rings. The van der Waals surface area contributed by atoms with Gasteiger partial charge in [-0.1, -0.05) is 36.4 Å². The van der Waals surface area contributed by atoms with Gasteiger partial charge in [-0.3, -0.25) is 19.3 Å². The smallest absolute Gasteiger partial charge is 0.326 e. The van der Waals surface area contributed by atoms with Crippen molar-refractivity contribution in [2.75, 3.05) is 5.73 Å². The molecule has 1 atom stereocenters. The maximum atomic E-state index is 12.6. The normalized spacial score (nSPS) is 11.8. The van der Waals surface area contributed by atoms with Crippen molar-refractivity contribution in [2.45, 2.75) is 19.5 Å². The molecule has 6 N–H and O–H groups in total. The molecule has 168 valence electrons. The summed E-state index contributed by atoms with van der Waals surface area (Å²) in [5.74, 6) is -0.765. The van der Waals surface area contributed by atoms with Crippen molar-refractivity contribution in [3.63, 3.8) is 0 Å². The zero-order valence-corrected chi connectivity index (χ0v) is 17.7. The number of benzene rings is 2. The summed E-state index contributed by atoms with van der Waals surface area (Å²) in [5, 5.41) is 17.4. The lowest BCUT2D eigenvalue weighted by Gasteiger charge is -2.17. The standard InChI is InChI=1S/C23H22N6O4/c1-13(26-22(32)20-19(24)21(31)28-23(33)27-20)17-9-15(7-8-18(17)30)16-10-25-29(12-16)11-14-5-3-2-4-6-14/h2-10,12-13,30H,11,24H2,1H3,(H,26,32)(H2,27,28,31,33)/t13-/m1/s1. The second-order valence-corrected chi connectivity index (χ2v) is 7.58. The molecule has 0 unspecified atom stereocenters. The van der Waals surface area contributed by atoms with E-state index in [-0.39, 0.29) is 11.4 Å². The van der Waals surface area contributed by atoms with Gasteiger partial charge in [0, 0.05) is 17.3 Å². The molecule has 2 heterocycles. The number of nitrogens with zero attached hydrogens (tertiary/aromatic N) is 2. The Morgan fingerprint density at radius 2 is 1.91 bits per heavy atom. The topological polar surface area (TPSA) is 159 Å². The average molecular weight is 446 g/mol. The molecule has 10 heteroatoms. The molecule has 0 fully saturated rings. The molecule has 0 bridgehead atoms. The van der Waals surface area contributed by atoms with Gasteiger partial charge < -0.3 is 21.1 Å². The van der Waals surface area contributed by atoms with E-state index in [1.807, 2.05) is 46.2 Å². The third-order valence-electron chi connectivity index (χ3n) is 5.20. The number of carbonyl (C=O) groups excluding carboxylic acids is 1. The van der Waals surface area contributed by atoms with Crippen molar-refractivity contribution in [3.05, 3.63) is 98.6 Å². The van der Waals surface area contributed by atoms with Crippen molar-refractivity contribution in [1.29, 1.82) is 0 Å². The van der Waals surface area contributed by atoms with Crippen molar-refractivity contribution in [3.8, 4) is 16.9 Å². The van der Waals surface area contributed by atoms with Gasteiger partial charge in [0.25, 0.3) is 11.5 Å². The molecule has 0 saturated heterocycles. The van der Waals surface area contributed by atoms with Gasteiger partial charge in [-0.25, -0.2) is 4.79 Å². The molecule has 1 amide bonds. The largest absolute Gasteiger partial charge is 0.508 e. The first-order chi connectivity index (χ1) is 15.8. The molecule has 2 aromatic carbocycles. The highest BCUT2D eigenvalue weighted by Gasteiger charge is 2.19. The number of H-pyrrole nitrogens is 2. The van der Waals surface area contributed by atoms with Gasteiger partial charge in [-0.2, -0.15) is 5.10 Å². The molecule has 0 saturated carbocycles. The number of hydrogen-bond acceptors (Lipinski definition) is 6. The Bertz CT molecular complexity index is 1420. The number of amides is 1. The Morgan fingerprint density at radius 3 is 2.67 bits per heavy atom. The molecule has 4 rings (SSSR count). The van der Waals surface area contributed by atoms with Gasteiger partial charge in [-0.15, -0.1) is 0 Å². The van der Waals surface area contributed by atoms with E-state index in [1.54, 1.807) is 25.3 Å². The minimum Gasteiger partial charge on any atom is -0.508 e. The summed E-state index contributed by atoms with van der Waals surface area (Å²) in [6.07, 6.45) is 3.62. The lowest BCUT2D eigenvalue weighted by molar-refractivity contribution is 0.0935. The summed E-state index contributed by atoms with van der Waals surface area (Å²) in [5.41, 5.74) is 6.39. The van der Waals surface area contributed by atoms with E-state index in [1.165, 1.54) is 6.07 Å². The molecule has 0 aliphatic rings. The zero-order valence-electron chi connectivity index (χ0n) is 17.7. The van der Waals surface area contributed by atoms with E-state index < -0.39 is 28.9 Å². The van der Waals surface area contributed by atoms with Crippen LogP contribution in [0.25, 0.3) is 11.1 Å². The van der Waals surface area contributed by atoms with E-state index in [0.29, 0.717) is 12.1 Å². The van der Waals surface area contributed by atoms with E-state index in [2.05, 4.69) is 15.4 Å². The summed E-state index contributed by atoms with van der Waals surface area (Å²) >= 11 is 0. The summed E-state index contributed by atoms with van der Waals surface area (Å²) in [4.78, 5) is 39.9. The van der Waals surface area contributed by atoms with Crippen LogP contribution in [0.4, 0.5) is 5.69 Å². The monoisotopic (exact) mass is 446 g/mol. The van der Waals surface area contributed by atoms with Gasteiger partial charge in [0.15, 0.2) is 0 Å². The first-order valence-corrected chi connectivity index (χ1v) is 10.1. The number of phenolic OH excluding ortho intramolecular Hbond substituents is 1. The zero-order chi connectivity index (χ0) is 23.5. The number of anilines is 1. The number of nitrogens with one attached hydrogen (secondary N) is 3. The molecule has 0 spiro atoms. The van der Waals surface area contributed by atoms with Crippen molar-refractivity contribution >= 4 is 11.6 Å².